The molecule has 0 aliphatic carbocycles. The number of ether oxygens (including phenoxy) is 1. The molecule has 5 heteroatoms. The normalized spacial score (nSPS) is 19.0. The number of nitrogens with two attached hydrogens (primary N) is 1. The first-order valence-corrected chi connectivity index (χ1v) is 5.21. The van der Waals surface area contributed by atoms with Crippen molar-refractivity contribution >= 4 is 6.21 Å². The Balaban J connectivity index is 2.05. The number of dihydropyridines is 1. The van der Waals surface area contributed by atoms with Crippen molar-refractivity contribution in [2.75, 3.05) is 0 Å². The number of benzene rings is 1. The molecule has 0 bridgehead atoms. The van der Waals surface area contributed by atoms with E-state index in [4.69, 9.17) is 10.5 Å². The van der Waals surface area contributed by atoms with Crippen LogP contribution in [0, 0.1) is 11.6 Å². The summed E-state index contributed by atoms with van der Waals surface area (Å²) in [5, 5.41) is 0. The Labute approximate surface area is 97.6 Å². The molecule has 17 heavy (non-hydrogen) atoms. The first-order chi connectivity index (χ1) is 8.18. The summed E-state index contributed by atoms with van der Waals surface area (Å²) in [5.41, 5.74) is 5.54. The maximum absolute atomic E-state index is 13.3. The molecule has 1 aliphatic heterocycles. The van der Waals surface area contributed by atoms with E-state index in [1.807, 2.05) is 0 Å². The van der Waals surface area contributed by atoms with Gasteiger partial charge in [-0.2, -0.15) is 0 Å². The molecule has 0 spiro atoms. The van der Waals surface area contributed by atoms with E-state index in [0.717, 1.165) is 0 Å². The molecular weight excluding hydrogens is 226 g/mol. The van der Waals surface area contributed by atoms with Crippen LogP contribution in [0.2, 0.25) is 0 Å². The number of hydrogen-bond acceptors (Lipinski definition) is 3. The number of nitrogens with zero attached hydrogens (tertiary/aromatic N) is 1. The summed E-state index contributed by atoms with van der Waals surface area (Å²) in [6.45, 7) is -0.187. The number of allylic oxidation sites excluding steroid dienone is 1. The lowest BCUT2D eigenvalue weighted by Gasteiger charge is -2.16. The third-order valence-corrected chi connectivity index (χ3v) is 2.43. The summed E-state index contributed by atoms with van der Waals surface area (Å²) in [5.74, 6) is -0.813. The molecule has 2 rings (SSSR count). The van der Waals surface area contributed by atoms with Crippen molar-refractivity contribution in [2.45, 2.75) is 19.2 Å². The lowest BCUT2D eigenvalue weighted by Crippen LogP contribution is -2.24. The Morgan fingerprint density at radius 3 is 2.71 bits per heavy atom. The molecule has 1 aliphatic rings. The molecule has 0 amide bonds. The maximum Gasteiger partial charge on any atom is 0.154 e. The lowest BCUT2D eigenvalue weighted by molar-refractivity contribution is 0.173. The van der Waals surface area contributed by atoms with Gasteiger partial charge in [0, 0.05) is 12.6 Å². The standard InChI is InChI=1S/C12H12F2N2O/c13-9-3-1-4-10(14)8(9)7-17-11-5-2-6-16-12(11)15/h1,3-6,12H,2,7,15H2. The van der Waals surface area contributed by atoms with Crippen molar-refractivity contribution in [3.8, 4) is 0 Å². The second-order valence-corrected chi connectivity index (χ2v) is 3.61. The van der Waals surface area contributed by atoms with Gasteiger partial charge in [0.2, 0.25) is 0 Å². The van der Waals surface area contributed by atoms with Gasteiger partial charge in [0.15, 0.2) is 6.17 Å². The van der Waals surface area contributed by atoms with E-state index in [-0.39, 0.29) is 12.2 Å². The third-order valence-electron chi connectivity index (χ3n) is 2.43. The predicted molar refractivity (Wildman–Crippen MR) is 60.3 cm³/mol. The van der Waals surface area contributed by atoms with Gasteiger partial charge in [-0.15, -0.1) is 0 Å². The van der Waals surface area contributed by atoms with Crippen LogP contribution in [0.4, 0.5) is 8.78 Å². The van der Waals surface area contributed by atoms with Gasteiger partial charge in [0.25, 0.3) is 0 Å². The van der Waals surface area contributed by atoms with E-state index in [1.54, 1.807) is 12.3 Å². The monoisotopic (exact) mass is 238 g/mol. The molecule has 0 saturated heterocycles. The van der Waals surface area contributed by atoms with Crippen molar-refractivity contribution in [3.63, 3.8) is 0 Å². The molecule has 1 atom stereocenters. The Kier molecular flexibility index (Phi) is 3.49. The SMILES string of the molecule is NC1N=CCC=C1OCc1c(F)cccc1F. The summed E-state index contributed by atoms with van der Waals surface area (Å²) >= 11 is 0. The number of hydrogen-bond donors (Lipinski definition) is 1. The van der Waals surface area contributed by atoms with Crippen LogP contribution in [-0.2, 0) is 11.3 Å². The highest BCUT2D eigenvalue weighted by Gasteiger charge is 2.14. The zero-order valence-corrected chi connectivity index (χ0v) is 9.07. The van der Waals surface area contributed by atoms with Gasteiger partial charge in [-0.3, -0.25) is 4.99 Å². The molecule has 2 N–H and O–H groups in total. The predicted octanol–water partition coefficient (Wildman–Crippen LogP) is 2.12. The Hall–Kier alpha value is -1.75. The molecule has 0 radical (unpaired) electrons. The van der Waals surface area contributed by atoms with E-state index in [1.165, 1.54) is 18.2 Å². The average Bonchev–Trinajstić information content (AvgIpc) is 2.30. The molecule has 0 saturated carbocycles. The molecule has 0 aromatic heterocycles. The van der Waals surface area contributed by atoms with Crippen LogP contribution < -0.4 is 5.73 Å². The highest BCUT2D eigenvalue weighted by atomic mass is 19.1. The smallest absolute Gasteiger partial charge is 0.154 e. The van der Waals surface area contributed by atoms with Crippen molar-refractivity contribution in [1.29, 1.82) is 0 Å². The second kappa shape index (κ2) is 5.05. The number of halogens is 2. The highest BCUT2D eigenvalue weighted by molar-refractivity contribution is 5.61. The third kappa shape index (κ3) is 2.68. The van der Waals surface area contributed by atoms with Crippen LogP contribution in [0.3, 0.4) is 0 Å². The van der Waals surface area contributed by atoms with Gasteiger partial charge < -0.3 is 10.5 Å². The molecule has 90 valence electrons. The summed E-state index contributed by atoms with van der Waals surface area (Å²) in [6.07, 6.45) is 3.44. The largest absolute Gasteiger partial charge is 0.490 e. The summed E-state index contributed by atoms with van der Waals surface area (Å²) in [7, 11) is 0. The second-order valence-electron chi connectivity index (χ2n) is 3.61. The minimum atomic E-state index is -0.626. The fourth-order valence-electron chi connectivity index (χ4n) is 1.51. The van der Waals surface area contributed by atoms with Crippen molar-refractivity contribution in [2.24, 2.45) is 10.7 Å². The van der Waals surface area contributed by atoms with Crippen molar-refractivity contribution < 1.29 is 13.5 Å². The quantitative estimate of drug-likeness (QED) is 0.876. The van der Waals surface area contributed by atoms with Gasteiger partial charge in [-0.1, -0.05) is 6.07 Å². The van der Waals surface area contributed by atoms with Crippen LogP contribution in [0.15, 0.2) is 35.0 Å². The first-order valence-electron chi connectivity index (χ1n) is 5.21. The van der Waals surface area contributed by atoms with Gasteiger partial charge in [0.1, 0.15) is 24.0 Å². The van der Waals surface area contributed by atoms with Gasteiger partial charge >= 0.3 is 0 Å². The van der Waals surface area contributed by atoms with Crippen LogP contribution in [0.25, 0.3) is 0 Å². The van der Waals surface area contributed by atoms with Crippen LogP contribution in [0.5, 0.6) is 0 Å². The zero-order valence-electron chi connectivity index (χ0n) is 9.07. The lowest BCUT2D eigenvalue weighted by atomic mass is 10.2. The van der Waals surface area contributed by atoms with Crippen LogP contribution >= 0.6 is 0 Å². The minimum Gasteiger partial charge on any atom is -0.490 e. The van der Waals surface area contributed by atoms with Gasteiger partial charge in [0.05, 0.1) is 5.56 Å². The topological polar surface area (TPSA) is 47.6 Å². The van der Waals surface area contributed by atoms with E-state index >= 15 is 0 Å². The minimum absolute atomic E-state index is 0.102. The highest BCUT2D eigenvalue weighted by Crippen LogP contribution is 2.17. The summed E-state index contributed by atoms with van der Waals surface area (Å²) in [4.78, 5) is 3.94. The van der Waals surface area contributed by atoms with Crippen LogP contribution in [-0.4, -0.2) is 12.4 Å². The van der Waals surface area contributed by atoms with Crippen molar-refractivity contribution in [1.82, 2.24) is 0 Å². The Morgan fingerprint density at radius 1 is 1.35 bits per heavy atom. The maximum atomic E-state index is 13.3. The summed E-state index contributed by atoms with van der Waals surface area (Å²) < 4.78 is 31.9. The van der Waals surface area contributed by atoms with Crippen molar-refractivity contribution in [3.05, 3.63) is 47.2 Å². The van der Waals surface area contributed by atoms with Crippen LogP contribution in [0.1, 0.15) is 12.0 Å². The van der Waals surface area contributed by atoms with E-state index in [0.29, 0.717) is 12.2 Å². The molecule has 1 heterocycles. The van der Waals surface area contributed by atoms with Gasteiger partial charge in [-0.05, 0) is 18.2 Å². The first kappa shape index (κ1) is 11.7. The van der Waals surface area contributed by atoms with E-state index in [2.05, 4.69) is 4.99 Å². The molecule has 3 nitrogen and oxygen atoms in total. The molecule has 1 aromatic rings. The van der Waals surface area contributed by atoms with E-state index < -0.39 is 17.8 Å². The molecular formula is C12H12F2N2O. The Morgan fingerprint density at radius 2 is 2.06 bits per heavy atom. The fraction of sp³-hybridized carbons (Fsp3) is 0.250. The molecule has 0 fully saturated rings. The molecule has 1 aromatic carbocycles. The Bertz CT molecular complexity index is 451. The average molecular weight is 238 g/mol. The number of aliphatic imine (C=N–C) groups is 1. The zero-order chi connectivity index (χ0) is 12.3. The molecule has 1 unspecified atom stereocenters. The van der Waals surface area contributed by atoms with E-state index in [9.17, 15) is 8.78 Å². The van der Waals surface area contributed by atoms with Gasteiger partial charge in [-0.25, -0.2) is 8.78 Å². The summed E-state index contributed by atoms with van der Waals surface area (Å²) in [6, 6.07) is 3.69. The fourth-order valence-corrected chi connectivity index (χ4v) is 1.51. The number of rotatable bonds is 3.